The number of amides is 2. The van der Waals surface area contributed by atoms with E-state index in [2.05, 4.69) is 53.2 Å². The second-order valence-corrected chi connectivity index (χ2v) is 8.75. The van der Waals surface area contributed by atoms with Crippen LogP contribution in [-0.2, 0) is 11.3 Å². The second kappa shape index (κ2) is 11.8. The summed E-state index contributed by atoms with van der Waals surface area (Å²) in [4.78, 5) is 28.7. The number of hydroxylamine groups is 1. The Morgan fingerprint density at radius 2 is 1.68 bits per heavy atom. The molecule has 2 amide bonds. The van der Waals surface area contributed by atoms with Gasteiger partial charge in [0.05, 0.1) is 12.3 Å². The number of benzene rings is 2. The van der Waals surface area contributed by atoms with Crippen molar-refractivity contribution in [1.82, 2.24) is 20.6 Å². The van der Waals surface area contributed by atoms with Crippen LogP contribution in [0.5, 0.6) is 0 Å². The molecular formula is C26H32N4O4. The molecule has 0 bridgehead atoms. The molecule has 1 unspecified atom stereocenters. The first-order valence-electron chi connectivity index (χ1n) is 11.3. The molecule has 3 atom stereocenters. The summed E-state index contributed by atoms with van der Waals surface area (Å²) in [7, 11) is 4.26. The summed E-state index contributed by atoms with van der Waals surface area (Å²) in [6, 6.07) is 13.6. The highest BCUT2D eigenvalue weighted by molar-refractivity contribution is 5.97. The Hall–Kier alpha value is -3.22. The van der Waals surface area contributed by atoms with Crippen molar-refractivity contribution in [3.63, 3.8) is 0 Å². The summed E-state index contributed by atoms with van der Waals surface area (Å²) < 4.78 is 0. The van der Waals surface area contributed by atoms with Gasteiger partial charge in [-0.25, -0.2) is 5.48 Å². The van der Waals surface area contributed by atoms with Crippen LogP contribution in [0.1, 0.15) is 46.8 Å². The third-order valence-corrected chi connectivity index (χ3v) is 5.92. The van der Waals surface area contributed by atoms with Gasteiger partial charge in [0.2, 0.25) is 0 Å². The fourth-order valence-electron chi connectivity index (χ4n) is 4.05. The van der Waals surface area contributed by atoms with Gasteiger partial charge >= 0.3 is 0 Å². The van der Waals surface area contributed by atoms with Crippen LogP contribution in [-0.4, -0.2) is 70.9 Å². The standard InChI is InChI=1S/C26H32N4O4/c1-18(31)24(26(33)28-34)27-25(32)22-14-12-20(13-15-22)7-6-19-8-10-21(11-9-19)17-30-16-4-5-23(30)29(2)3/h8-15,18,23-24,31,34H,4-5,16-17H2,1-3H3,(H,27,32)(H,28,33)/t18-,23?,24+/m1/s1. The van der Waals surface area contributed by atoms with Crippen molar-refractivity contribution in [2.45, 2.75) is 44.6 Å². The number of hydrogen-bond donors (Lipinski definition) is 4. The minimum Gasteiger partial charge on any atom is -0.391 e. The Balaban J connectivity index is 1.60. The Kier molecular flexibility index (Phi) is 8.79. The predicted octanol–water partition coefficient (Wildman–Crippen LogP) is 1.55. The minimum atomic E-state index is -1.26. The number of carbonyl (C=O) groups excluding carboxylic acids is 2. The number of carbonyl (C=O) groups is 2. The van der Waals surface area contributed by atoms with E-state index in [4.69, 9.17) is 5.21 Å². The molecule has 2 aromatic rings. The lowest BCUT2D eigenvalue weighted by molar-refractivity contribution is -0.133. The summed E-state index contributed by atoms with van der Waals surface area (Å²) in [6.07, 6.45) is 1.76. The first kappa shape index (κ1) is 25.4. The van der Waals surface area contributed by atoms with Crippen molar-refractivity contribution in [3.8, 4) is 11.8 Å². The van der Waals surface area contributed by atoms with Crippen LogP contribution in [0.25, 0.3) is 0 Å². The van der Waals surface area contributed by atoms with Crippen LogP contribution in [0.3, 0.4) is 0 Å². The molecule has 180 valence electrons. The lowest BCUT2D eigenvalue weighted by atomic mass is 10.1. The normalized spacial score (nSPS) is 17.5. The largest absolute Gasteiger partial charge is 0.391 e. The number of nitrogens with one attached hydrogen (secondary N) is 2. The number of hydrogen-bond acceptors (Lipinski definition) is 6. The van der Waals surface area contributed by atoms with Crippen molar-refractivity contribution in [1.29, 1.82) is 0 Å². The van der Waals surface area contributed by atoms with Gasteiger partial charge in [-0.1, -0.05) is 24.0 Å². The Bertz CT molecular complexity index is 1040. The second-order valence-electron chi connectivity index (χ2n) is 8.75. The molecule has 0 aromatic heterocycles. The van der Waals surface area contributed by atoms with Gasteiger partial charge < -0.3 is 10.4 Å². The smallest absolute Gasteiger partial charge is 0.268 e. The zero-order chi connectivity index (χ0) is 24.7. The monoisotopic (exact) mass is 464 g/mol. The maximum Gasteiger partial charge on any atom is 0.268 e. The molecule has 1 heterocycles. The molecule has 0 aliphatic carbocycles. The third kappa shape index (κ3) is 6.65. The first-order chi connectivity index (χ1) is 16.3. The zero-order valence-corrected chi connectivity index (χ0v) is 19.8. The maximum absolute atomic E-state index is 12.4. The summed E-state index contributed by atoms with van der Waals surface area (Å²) in [5.74, 6) is 4.80. The van der Waals surface area contributed by atoms with Crippen molar-refractivity contribution in [2.24, 2.45) is 0 Å². The van der Waals surface area contributed by atoms with Gasteiger partial charge in [-0.2, -0.15) is 0 Å². The van der Waals surface area contributed by atoms with E-state index < -0.39 is 24.0 Å². The molecule has 1 aliphatic rings. The summed E-state index contributed by atoms with van der Waals surface area (Å²) in [6.45, 7) is 3.39. The van der Waals surface area contributed by atoms with Gasteiger partial charge in [0, 0.05) is 29.8 Å². The van der Waals surface area contributed by atoms with E-state index in [0.717, 1.165) is 24.2 Å². The van der Waals surface area contributed by atoms with E-state index >= 15 is 0 Å². The van der Waals surface area contributed by atoms with Crippen LogP contribution in [0.4, 0.5) is 0 Å². The van der Waals surface area contributed by atoms with Gasteiger partial charge in [-0.15, -0.1) is 0 Å². The van der Waals surface area contributed by atoms with Crippen LogP contribution < -0.4 is 10.8 Å². The maximum atomic E-state index is 12.4. The topological polar surface area (TPSA) is 105 Å². The summed E-state index contributed by atoms with van der Waals surface area (Å²) >= 11 is 0. The van der Waals surface area contributed by atoms with E-state index in [1.165, 1.54) is 30.8 Å². The van der Waals surface area contributed by atoms with Gasteiger partial charge in [0.25, 0.3) is 11.8 Å². The van der Waals surface area contributed by atoms with Crippen LogP contribution in [0.2, 0.25) is 0 Å². The fourth-order valence-corrected chi connectivity index (χ4v) is 4.05. The quantitative estimate of drug-likeness (QED) is 0.282. The molecule has 0 spiro atoms. The number of likely N-dealkylation sites (tertiary alicyclic amines) is 1. The third-order valence-electron chi connectivity index (χ3n) is 5.92. The highest BCUT2D eigenvalue weighted by atomic mass is 16.5. The summed E-state index contributed by atoms with van der Waals surface area (Å²) in [5.41, 5.74) is 4.66. The number of nitrogens with zero attached hydrogens (tertiary/aromatic N) is 2. The Labute approximate surface area is 200 Å². The molecule has 4 N–H and O–H groups in total. The molecule has 1 fully saturated rings. The van der Waals surface area contributed by atoms with Crippen LogP contribution >= 0.6 is 0 Å². The molecule has 1 aliphatic heterocycles. The minimum absolute atomic E-state index is 0.309. The fraction of sp³-hybridized carbons (Fsp3) is 0.385. The van der Waals surface area contributed by atoms with E-state index in [1.54, 1.807) is 24.3 Å². The van der Waals surface area contributed by atoms with Gasteiger partial charge in [-0.05, 0) is 75.8 Å². The average Bonchev–Trinajstić information content (AvgIpc) is 3.30. The lowest BCUT2D eigenvalue weighted by Crippen LogP contribution is -2.51. The van der Waals surface area contributed by atoms with Gasteiger partial charge in [-0.3, -0.25) is 24.6 Å². The lowest BCUT2D eigenvalue weighted by Gasteiger charge is -2.29. The number of aliphatic hydroxyl groups is 1. The van der Waals surface area contributed by atoms with Crippen molar-refractivity contribution in [3.05, 3.63) is 70.8 Å². The van der Waals surface area contributed by atoms with Crippen molar-refractivity contribution < 1.29 is 19.9 Å². The molecule has 0 saturated carbocycles. The molecule has 3 rings (SSSR count). The molecule has 1 saturated heterocycles. The number of aliphatic hydroxyl groups excluding tert-OH is 1. The molecular weight excluding hydrogens is 432 g/mol. The van der Waals surface area contributed by atoms with Crippen LogP contribution in [0, 0.1) is 11.8 Å². The van der Waals surface area contributed by atoms with E-state index in [-0.39, 0.29) is 0 Å². The van der Waals surface area contributed by atoms with E-state index in [9.17, 15) is 14.7 Å². The Morgan fingerprint density at radius 1 is 1.09 bits per heavy atom. The summed E-state index contributed by atoms with van der Waals surface area (Å²) in [5, 5.41) is 20.8. The highest BCUT2D eigenvalue weighted by Crippen LogP contribution is 2.21. The van der Waals surface area contributed by atoms with Crippen molar-refractivity contribution in [2.75, 3.05) is 20.6 Å². The Morgan fingerprint density at radius 3 is 2.21 bits per heavy atom. The SMILES string of the molecule is C[C@@H](O)[C@H](NC(=O)c1ccc(C#Cc2ccc(CN3CCCC3N(C)C)cc2)cc1)C(=O)NO. The number of rotatable bonds is 7. The molecule has 34 heavy (non-hydrogen) atoms. The predicted molar refractivity (Wildman–Crippen MR) is 129 cm³/mol. The molecule has 8 nitrogen and oxygen atoms in total. The average molecular weight is 465 g/mol. The van der Waals surface area contributed by atoms with Gasteiger partial charge in [0.1, 0.15) is 6.04 Å². The van der Waals surface area contributed by atoms with Crippen LogP contribution in [0.15, 0.2) is 48.5 Å². The van der Waals surface area contributed by atoms with Crippen molar-refractivity contribution >= 4 is 11.8 Å². The zero-order valence-electron chi connectivity index (χ0n) is 19.8. The van der Waals surface area contributed by atoms with E-state index in [0.29, 0.717) is 11.7 Å². The van der Waals surface area contributed by atoms with E-state index in [1.807, 2.05) is 12.1 Å². The molecule has 2 aromatic carbocycles. The molecule has 0 radical (unpaired) electrons. The molecule has 8 heteroatoms. The highest BCUT2D eigenvalue weighted by Gasteiger charge is 2.26. The van der Waals surface area contributed by atoms with Gasteiger partial charge in [0.15, 0.2) is 0 Å². The first-order valence-corrected chi connectivity index (χ1v) is 11.3.